The molecule has 0 spiro atoms. The second-order valence-electron chi connectivity index (χ2n) is 4.70. The molecule has 0 aliphatic rings. The van der Waals surface area contributed by atoms with Gasteiger partial charge in [0, 0.05) is 10.9 Å². The number of ether oxygens (including phenoxy) is 1. The van der Waals surface area contributed by atoms with Crippen molar-refractivity contribution in [1.82, 2.24) is 4.98 Å². The molecule has 0 fully saturated rings. The molecule has 0 amide bonds. The Hall–Kier alpha value is -1.88. The molecule has 3 aromatic rings. The van der Waals surface area contributed by atoms with E-state index in [2.05, 4.69) is 4.98 Å². The lowest BCUT2D eigenvalue weighted by Crippen LogP contribution is -2.11. The first-order valence-corrected chi connectivity index (χ1v) is 8.41. The van der Waals surface area contributed by atoms with Crippen LogP contribution in [0, 0.1) is 0 Å². The third kappa shape index (κ3) is 3.91. The summed E-state index contributed by atoms with van der Waals surface area (Å²) in [7, 11) is 0. The molecule has 0 unspecified atom stereocenters. The number of hydrogen-bond donors (Lipinski definition) is 0. The maximum absolute atomic E-state index is 12.0. The van der Waals surface area contributed by atoms with Gasteiger partial charge in [0.05, 0.1) is 22.2 Å². The van der Waals surface area contributed by atoms with Crippen LogP contribution in [0.3, 0.4) is 0 Å². The zero-order valence-electron chi connectivity index (χ0n) is 11.8. The fraction of sp³-hybridized carbons (Fsp3) is 0.0588. The SMILES string of the molecule is O=C(Cc1csc(-c2c(Cl)cccc2Cl)n1)Oc1ccccc1. The maximum Gasteiger partial charge on any atom is 0.317 e. The molecule has 3 nitrogen and oxygen atoms in total. The summed E-state index contributed by atoms with van der Waals surface area (Å²) in [4.78, 5) is 16.4. The van der Waals surface area contributed by atoms with Crippen molar-refractivity contribution in [2.75, 3.05) is 0 Å². The molecule has 3 rings (SSSR count). The highest BCUT2D eigenvalue weighted by Crippen LogP contribution is 2.36. The first-order valence-electron chi connectivity index (χ1n) is 6.78. The molecule has 116 valence electrons. The van der Waals surface area contributed by atoms with Gasteiger partial charge in [-0.2, -0.15) is 0 Å². The molecule has 6 heteroatoms. The Balaban J connectivity index is 1.74. The number of esters is 1. The van der Waals surface area contributed by atoms with Crippen LogP contribution in [-0.4, -0.2) is 11.0 Å². The number of nitrogens with zero attached hydrogens (tertiary/aromatic N) is 1. The summed E-state index contributed by atoms with van der Waals surface area (Å²) in [5.74, 6) is 0.153. The summed E-state index contributed by atoms with van der Waals surface area (Å²) in [5, 5.41) is 3.56. The number of benzene rings is 2. The van der Waals surface area contributed by atoms with Crippen molar-refractivity contribution in [2.45, 2.75) is 6.42 Å². The van der Waals surface area contributed by atoms with E-state index in [-0.39, 0.29) is 12.4 Å². The first kappa shape index (κ1) is 16.0. The van der Waals surface area contributed by atoms with E-state index in [4.69, 9.17) is 27.9 Å². The van der Waals surface area contributed by atoms with E-state index >= 15 is 0 Å². The standard InChI is InChI=1S/C17H11Cl2NO2S/c18-13-7-4-8-14(19)16(13)17-20-11(10-23-17)9-15(21)22-12-5-2-1-3-6-12/h1-8,10H,9H2. The smallest absolute Gasteiger partial charge is 0.317 e. The molecule has 1 heterocycles. The predicted molar refractivity (Wildman–Crippen MR) is 93.4 cm³/mol. The number of para-hydroxylation sites is 1. The topological polar surface area (TPSA) is 39.2 Å². The van der Waals surface area contributed by atoms with Crippen molar-refractivity contribution >= 4 is 40.5 Å². The first-order chi connectivity index (χ1) is 11.1. The minimum absolute atomic E-state index is 0.0907. The van der Waals surface area contributed by atoms with Gasteiger partial charge in [0.2, 0.25) is 0 Å². The fourth-order valence-corrected chi connectivity index (χ4v) is 3.59. The summed E-state index contributed by atoms with van der Waals surface area (Å²) >= 11 is 13.7. The van der Waals surface area contributed by atoms with Crippen molar-refractivity contribution in [2.24, 2.45) is 0 Å². The van der Waals surface area contributed by atoms with Crippen LogP contribution in [0.4, 0.5) is 0 Å². The molecule has 0 bridgehead atoms. The Morgan fingerprint density at radius 3 is 2.43 bits per heavy atom. The highest BCUT2D eigenvalue weighted by atomic mass is 35.5. The zero-order chi connectivity index (χ0) is 16.2. The monoisotopic (exact) mass is 363 g/mol. The van der Waals surface area contributed by atoms with Crippen molar-refractivity contribution in [3.63, 3.8) is 0 Å². The quantitative estimate of drug-likeness (QED) is 0.468. The lowest BCUT2D eigenvalue weighted by molar-refractivity contribution is -0.133. The number of carbonyl (C=O) groups is 1. The van der Waals surface area contributed by atoms with Crippen molar-refractivity contribution in [1.29, 1.82) is 0 Å². The van der Waals surface area contributed by atoms with E-state index in [1.807, 2.05) is 18.2 Å². The Bertz CT molecular complexity index is 813. The van der Waals surface area contributed by atoms with Crippen LogP contribution in [-0.2, 0) is 11.2 Å². The molecule has 0 N–H and O–H groups in total. The highest BCUT2D eigenvalue weighted by molar-refractivity contribution is 7.13. The Morgan fingerprint density at radius 1 is 1.04 bits per heavy atom. The van der Waals surface area contributed by atoms with E-state index in [0.29, 0.717) is 32.1 Å². The number of rotatable bonds is 4. The fourth-order valence-electron chi connectivity index (χ4n) is 2.01. The van der Waals surface area contributed by atoms with E-state index in [9.17, 15) is 4.79 Å². The maximum atomic E-state index is 12.0. The third-order valence-corrected chi connectivity index (χ3v) is 4.57. The number of halogens is 2. The molecule has 0 atom stereocenters. The van der Waals surface area contributed by atoms with Gasteiger partial charge >= 0.3 is 5.97 Å². The van der Waals surface area contributed by atoms with Gasteiger partial charge in [-0.05, 0) is 24.3 Å². The predicted octanol–water partition coefficient (Wildman–Crippen LogP) is 5.27. The van der Waals surface area contributed by atoms with Gasteiger partial charge < -0.3 is 4.74 Å². The molecule has 0 aliphatic carbocycles. The van der Waals surface area contributed by atoms with Crippen LogP contribution in [0.5, 0.6) is 5.75 Å². The Labute approximate surface area is 147 Å². The largest absolute Gasteiger partial charge is 0.426 e. The minimum Gasteiger partial charge on any atom is -0.426 e. The number of hydrogen-bond acceptors (Lipinski definition) is 4. The van der Waals surface area contributed by atoms with Crippen molar-refractivity contribution in [3.8, 4) is 16.3 Å². The zero-order valence-corrected chi connectivity index (χ0v) is 14.2. The third-order valence-electron chi connectivity index (χ3n) is 3.03. The molecule has 0 saturated heterocycles. The average Bonchev–Trinajstić information content (AvgIpc) is 2.96. The van der Waals surface area contributed by atoms with E-state index < -0.39 is 0 Å². The van der Waals surface area contributed by atoms with Gasteiger partial charge in [0.25, 0.3) is 0 Å². The minimum atomic E-state index is -0.363. The van der Waals surface area contributed by atoms with Crippen molar-refractivity contribution < 1.29 is 9.53 Å². The van der Waals surface area contributed by atoms with E-state index in [1.165, 1.54) is 11.3 Å². The molecule has 23 heavy (non-hydrogen) atoms. The van der Waals surface area contributed by atoms with Gasteiger partial charge in [0.15, 0.2) is 0 Å². The van der Waals surface area contributed by atoms with Crippen LogP contribution in [0.25, 0.3) is 10.6 Å². The normalized spacial score (nSPS) is 10.5. The van der Waals surface area contributed by atoms with Gasteiger partial charge in [-0.3, -0.25) is 4.79 Å². The second-order valence-corrected chi connectivity index (χ2v) is 6.38. The molecular formula is C17H11Cl2NO2S. The summed E-state index contributed by atoms with van der Waals surface area (Å²) in [5.41, 5.74) is 1.31. The molecular weight excluding hydrogens is 353 g/mol. The molecule has 1 aromatic heterocycles. The molecule has 2 aromatic carbocycles. The Kier molecular flexibility index (Phi) is 4.96. The number of aromatic nitrogens is 1. The van der Waals surface area contributed by atoms with E-state index in [1.54, 1.807) is 35.7 Å². The van der Waals surface area contributed by atoms with E-state index in [0.717, 1.165) is 0 Å². The van der Waals surface area contributed by atoms with Crippen LogP contribution in [0.15, 0.2) is 53.9 Å². The Morgan fingerprint density at radius 2 is 1.74 bits per heavy atom. The lowest BCUT2D eigenvalue weighted by atomic mass is 10.2. The van der Waals surface area contributed by atoms with Crippen LogP contribution in [0.2, 0.25) is 10.0 Å². The molecule has 0 aliphatic heterocycles. The highest BCUT2D eigenvalue weighted by Gasteiger charge is 2.14. The van der Waals surface area contributed by atoms with Gasteiger partial charge in [-0.1, -0.05) is 47.5 Å². The molecule has 0 saturated carbocycles. The average molecular weight is 364 g/mol. The number of carbonyl (C=O) groups excluding carboxylic acids is 1. The van der Waals surface area contributed by atoms with Crippen LogP contribution < -0.4 is 4.74 Å². The lowest BCUT2D eigenvalue weighted by Gasteiger charge is -2.03. The van der Waals surface area contributed by atoms with Gasteiger partial charge in [-0.15, -0.1) is 11.3 Å². The number of thiazole rings is 1. The summed E-state index contributed by atoms with van der Waals surface area (Å²) in [6.45, 7) is 0. The van der Waals surface area contributed by atoms with Crippen LogP contribution >= 0.6 is 34.5 Å². The summed E-state index contributed by atoms with van der Waals surface area (Å²) in [6, 6.07) is 14.2. The summed E-state index contributed by atoms with van der Waals surface area (Å²) < 4.78 is 5.25. The summed E-state index contributed by atoms with van der Waals surface area (Å²) in [6.07, 6.45) is 0.0907. The van der Waals surface area contributed by atoms with Crippen molar-refractivity contribution in [3.05, 3.63) is 69.7 Å². The van der Waals surface area contributed by atoms with Gasteiger partial charge in [0.1, 0.15) is 10.8 Å². The molecule has 0 radical (unpaired) electrons. The van der Waals surface area contributed by atoms with Crippen LogP contribution in [0.1, 0.15) is 5.69 Å². The second kappa shape index (κ2) is 7.13. The van der Waals surface area contributed by atoms with Gasteiger partial charge in [-0.25, -0.2) is 4.98 Å².